The molecule has 2 aromatic heterocycles. The van der Waals surface area contributed by atoms with Crippen LogP contribution in [0.4, 0.5) is 10.1 Å². The molecule has 3 heterocycles. The molecule has 2 aliphatic rings. The third-order valence-electron chi connectivity index (χ3n) is 9.56. The summed E-state index contributed by atoms with van der Waals surface area (Å²) in [7, 11) is 1.98. The van der Waals surface area contributed by atoms with Gasteiger partial charge >= 0.3 is 0 Å². The lowest BCUT2D eigenvalue weighted by molar-refractivity contribution is -0.135. The molecule has 15 heteroatoms. The molecule has 1 aliphatic heterocycles. The number of benzene rings is 1. The number of hydrogen-bond acceptors (Lipinski definition) is 9. The smallest absolute Gasteiger partial charge is 0.270 e. The number of aromatic nitrogens is 4. The van der Waals surface area contributed by atoms with Crippen molar-refractivity contribution in [2.75, 3.05) is 38.5 Å². The summed E-state index contributed by atoms with van der Waals surface area (Å²) in [4.78, 5) is 58.2. The molecule has 0 bridgehead atoms. The SMILES string of the molecule is CC(C)n1nccc1C(=O)N[C@H](C(=O)Nc1ccc([C@H](C)[C@@H](NC(=O)c2cnns2)C(=O)N2CCN(C)CC2)cc1F)C1CCCCCC1. The molecule has 1 saturated heterocycles. The maximum atomic E-state index is 15.8. The number of anilines is 1. The lowest BCUT2D eigenvalue weighted by Gasteiger charge is -2.36. The van der Waals surface area contributed by atoms with Crippen molar-refractivity contribution in [2.24, 2.45) is 5.92 Å². The van der Waals surface area contributed by atoms with E-state index in [9.17, 15) is 19.2 Å². The van der Waals surface area contributed by atoms with Crippen LogP contribution in [0, 0.1) is 11.7 Å². The highest BCUT2D eigenvalue weighted by Crippen LogP contribution is 2.29. The second-order valence-electron chi connectivity index (χ2n) is 13.3. The first kappa shape index (κ1) is 36.1. The van der Waals surface area contributed by atoms with E-state index in [2.05, 4.69) is 35.5 Å². The van der Waals surface area contributed by atoms with E-state index in [1.54, 1.807) is 34.8 Å². The molecular formula is C34H46FN9O4S. The van der Waals surface area contributed by atoms with Gasteiger partial charge in [-0.3, -0.25) is 23.9 Å². The topological polar surface area (TPSA) is 154 Å². The van der Waals surface area contributed by atoms with Crippen molar-refractivity contribution in [3.63, 3.8) is 0 Å². The van der Waals surface area contributed by atoms with E-state index in [0.29, 0.717) is 37.4 Å². The number of carbonyl (C=O) groups excluding carboxylic acids is 4. The van der Waals surface area contributed by atoms with Crippen molar-refractivity contribution >= 4 is 40.8 Å². The van der Waals surface area contributed by atoms with Crippen LogP contribution in [0.5, 0.6) is 0 Å². The second kappa shape index (κ2) is 16.4. The van der Waals surface area contributed by atoms with Gasteiger partial charge in [-0.05, 0) is 74.9 Å². The van der Waals surface area contributed by atoms with Gasteiger partial charge in [0.05, 0.1) is 11.9 Å². The van der Waals surface area contributed by atoms with E-state index in [4.69, 9.17) is 0 Å². The van der Waals surface area contributed by atoms with Gasteiger partial charge in [0.1, 0.15) is 28.5 Å². The third kappa shape index (κ3) is 8.87. The van der Waals surface area contributed by atoms with Crippen molar-refractivity contribution in [1.82, 2.24) is 39.8 Å². The van der Waals surface area contributed by atoms with E-state index in [0.717, 1.165) is 50.1 Å². The molecule has 264 valence electrons. The molecule has 3 atom stereocenters. The molecule has 1 aromatic carbocycles. The maximum absolute atomic E-state index is 15.8. The molecular weight excluding hydrogens is 649 g/mol. The van der Waals surface area contributed by atoms with Crippen LogP contribution in [0.15, 0.2) is 36.7 Å². The molecule has 0 spiro atoms. The van der Waals surface area contributed by atoms with Gasteiger partial charge in [0.2, 0.25) is 11.8 Å². The van der Waals surface area contributed by atoms with Crippen LogP contribution in [0.1, 0.15) is 97.0 Å². The first-order valence-corrected chi connectivity index (χ1v) is 17.8. The minimum atomic E-state index is -0.980. The van der Waals surface area contributed by atoms with Crippen LogP contribution in [0.25, 0.3) is 0 Å². The maximum Gasteiger partial charge on any atom is 0.270 e. The number of piperazine rings is 1. The van der Waals surface area contributed by atoms with Gasteiger partial charge < -0.3 is 25.8 Å². The van der Waals surface area contributed by atoms with Gasteiger partial charge in [0.25, 0.3) is 11.8 Å². The molecule has 13 nitrogen and oxygen atoms in total. The number of carbonyl (C=O) groups is 4. The molecule has 3 aromatic rings. The number of hydrogen-bond donors (Lipinski definition) is 3. The molecule has 4 amide bonds. The van der Waals surface area contributed by atoms with Gasteiger partial charge in [-0.15, -0.1) is 5.10 Å². The minimum absolute atomic E-state index is 0.0391. The average Bonchev–Trinajstić information content (AvgIpc) is 3.75. The number of amides is 4. The van der Waals surface area contributed by atoms with Crippen LogP contribution >= 0.6 is 11.5 Å². The number of likely N-dealkylation sites (N-methyl/N-ethyl adjacent to an activating group) is 1. The van der Waals surface area contributed by atoms with Gasteiger partial charge in [-0.1, -0.05) is 43.2 Å². The van der Waals surface area contributed by atoms with Gasteiger partial charge in [0, 0.05) is 44.3 Å². The first-order valence-electron chi connectivity index (χ1n) is 17.0. The summed E-state index contributed by atoms with van der Waals surface area (Å²) in [6, 6.07) is 4.11. The fraction of sp³-hybridized carbons (Fsp3) is 0.559. The first-order chi connectivity index (χ1) is 23.5. The fourth-order valence-corrected chi connectivity index (χ4v) is 7.00. The Bertz CT molecular complexity index is 1600. The standard InChI is InChI=1S/C34H46FN9O4S/c1-21(2)44-27(13-14-37-44)31(45)40-30(23-9-7-5-6-8-10-23)33(47)38-26-12-11-24(19-25(26)35)22(3)29(39-32(46)28-20-36-41-49-28)34(48)43-17-15-42(4)16-18-43/h11-14,19-23,29-30H,5-10,15-18H2,1-4H3,(H,38,47)(H,39,46)(H,40,45)/t22-,29+,30-/m0/s1. The predicted molar refractivity (Wildman–Crippen MR) is 184 cm³/mol. The van der Waals surface area contributed by atoms with Crippen LogP contribution in [-0.4, -0.2) is 98.1 Å². The Morgan fingerprint density at radius 2 is 1.65 bits per heavy atom. The summed E-state index contributed by atoms with van der Waals surface area (Å²) in [6.45, 7) is 8.02. The van der Waals surface area contributed by atoms with Crippen LogP contribution < -0.4 is 16.0 Å². The average molecular weight is 696 g/mol. The molecule has 49 heavy (non-hydrogen) atoms. The highest BCUT2D eigenvalue weighted by atomic mass is 32.1. The Morgan fingerprint density at radius 3 is 2.29 bits per heavy atom. The quantitative estimate of drug-likeness (QED) is 0.256. The second-order valence-corrected chi connectivity index (χ2v) is 14.1. The molecule has 0 radical (unpaired) electrons. The number of nitrogens with zero attached hydrogens (tertiary/aromatic N) is 6. The molecule has 2 fully saturated rings. The van der Waals surface area contributed by atoms with Crippen LogP contribution in [0.3, 0.4) is 0 Å². The van der Waals surface area contributed by atoms with Gasteiger partial charge in [-0.25, -0.2) is 4.39 Å². The fourth-order valence-electron chi connectivity index (χ4n) is 6.59. The summed E-state index contributed by atoms with van der Waals surface area (Å²) < 4.78 is 21.2. The van der Waals surface area contributed by atoms with Gasteiger partial charge in [0.15, 0.2) is 0 Å². The van der Waals surface area contributed by atoms with E-state index in [1.807, 2.05) is 20.9 Å². The zero-order valence-corrected chi connectivity index (χ0v) is 29.3. The zero-order valence-electron chi connectivity index (χ0n) is 28.5. The Hall–Kier alpha value is -4.24. The van der Waals surface area contributed by atoms with Crippen molar-refractivity contribution < 1.29 is 23.6 Å². The zero-order chi connectivity index (χ0) is 35.1. The molecule has 1 aliphatic carbocycles. The molecule has 1 saturated carbocycles. The minimum Gasteiger partial charge on any atom is -0.339 e. The van der Waals surface area contributed by atoms with Crippen molar-refractivity contribution in [2.45, 2.75) is 83.3 Å². The summed E-state index contributed by atoms with van der Waals surface area (Å²) in [5.41, 5.74) is 0.786. The summed E-state index contributed by atoms with van der Waals surface area (Å²) >= 11 is 0.921. The van der Waals surface area contributed by atoms with Crippen molar-refractivity contribution in [3.05, 3.63) is 58.6 Å². The van der Waals surface area contributed by atoms with E-state index < -0.39 is 41.5 Å². The monoisotopic (exact) mass is 695 g/mol. The van der Waals surface area contributed by atoms with Crippen LogP contribution in [-0.2, 0) is 9.59 Å². The van der Waals surface area contributed by atoms with Crippen molar-refractivity contribution in [1.29, 1.82) is 0 Å². The lowest BCUT2D eigenvalue weighted by Crippen LogP contribution is -2.55. The predicted octanol–water partition coefficient (Wildman–Crippen LogP) is 3.84. The highest BCUT2D eigenvalue weighted by Gasteiger charge is 2.35. The Labute approximate surface area is 290 Å². The van der Waals surface area contributed by atoms with E-state index in [-0.39, 0.29) is 28.4 Å². The largest absolute Gasteiger partial charge is 0.339 e. The Kier molecular flexibility index (Phi) is 12.1. The Balaban J connectivity index is 1.35. The summed E-state index contributed by atoms with van der Waals surface area (Å²) in [5.74, 6) is -3.06. The highest BCUT2D eigenvalue weighted by molar-refractivity contribution is 7.07. The summed E-state index contributed by atoms with van der Waals surface area (Å²) in [5, 5.41) is 16.5. The van der Waals surface area contributed by atoms with E-state index in [1.165, 1.54) is 18.3 Å². The van der Waals surface area contributed by atoms with Gasteiger partial charge in [-0.2, -0.15) is 5.10 Å². The normalized spacial score (nSPS) is 18.0. The number of halogens is 1. The van der Waals surface area contributed by atoms with Crippen LogP contribution in [0.2, 0.25) is 0 Å². The lowest BCUT2D eigenvalue weighted by atomic mass is 9.90. The molecule has 5 rings (SSSR count). The number of nitrogens with one attached hydrogen (secondary N) is 3. The molecule has 3 N–H and O–H groups in total. The Morgan fingerprint density at radius 1 is 0.939 bits per heavy atom. The third-order valence-corrected chi connectivity index (χ3v) is 10.2. The molecule has 0 unspecified atom stereocenters. The summed E-state index contributed by atoms with van der Waals surface area (Å²) in [6.07, 6.45) is 8.44. The van der Waals surface area contributed by atoms with E-state index >= 15 is 4.39 Å². The van der Waals surface area contributed by atoms with Crippen molar-refractivity contribution in [3.8, 4) is 0 Å². The number of rotatable bonds is 11.